The largest absolute Gasteiger partial charge is 0.431 e. The molecule has 0 amide bonds. The van der Waals surface area contributed by atoms with E-state index in [4.69, 9.17) is 4.74 Å². The van der Waals surface area contributed by atoms with Gasteiger partial charge in [0.2, 0.25) is 0 Å². The zero-order chi connectivity index (χ0) is 14.1. The Hall–Kier alpha value is -0.440. The number of carbonyl (C=O) groups excluding carboxylic acids is 1. The summed E-state index contributed by atoms with van der Waals surface area (Å²) in [6, 6.07) is 0. The van der Waals surface area contributed by atoms with Crippen LogP contribution in [0.5, 0.6) is 0 Å². The lowest BCUT2D eigenvalue weighted by atomic mass is 9.97. The molecule has 1 heterocycles. The van der Waals surface area contributed by atoms with Gasteiger partial charge in [0, 0.05) is 11.7 Å². The van der Waals surface area contributed by atoms with E-state index in [1.807, 2.05) is 0 Å². The third-order valence-corrected chi connectivity index (χ3v) is 5.01. The van der Waals surface area contributed by atoms with Crippen LogP contribution in [0.4, 0.5) is 0 Å². The van der Waals surface area contributed by atoms with Crippen molar-refractivity contribution in [1.29, 1.82) is 0 Å². The van der Waals surface area contributed by atoms with Gasteiger partial charge in [0.1, 0.15) is 5.76 Å². The van der Waals surface area contributed by atoms with Gasteiger partial charge in [-0.25, -0.2) is 0 Å². The Labute approximate surface area is 122 Å². The highest BCUT2D eigenvalue weighted by Crippen LogP contribution is 2.34. The van der Waals surface area contributed by atoms with Gasteiger partial charge in [-0.1, -0.05) is 58.4 Å². The number of cyclic esters (lactones) is 1. The molecule has 0 N–H and O–H groups in total. The fourth-order valence-electron chi connectivity index (χ4n) is 2.66. The predicted molar refractivity (Wildman–Crippen MR) is 83.3 cm³/mol. The number of carbonyl (C=O) groups is 1. The fourth-order valence-corrected chi connectivity index (χ4v) is 3.60. The van der Waals surface area contributed by atoms with Crippen LogP contribution in [0.25, 0.3) is 0 Å². The van der Waals surface area contributed by atoms with Gasteiger partial charge in [-0.3, -0.25) is 4.79 Å². The summed E-state index contributed by atoms with van der Waals surface area (Å²) in [4.78, 5) is 11.7. The second-order valence-corrected chi connectivity index (χ2v) is 6.53. The Morgan fingerprint density at radius 1 is 1.26 bits per heavy atom. The van der Waals surface area contributed by atoms with E-state index >= 15 is 0 Å². The fraction of sp³-hybridized carbons (Fsp3) is 0.812. The molecule has 2 atom stereocenters. The molecule has 0 spiro atoms. The number of esters is 1. The van der Waals surface area contributed by atoms with Crippen LogP contribution in [-0.2, 0) is 9.53 Å². The van der Waals surface area contributed by atoms with Crippen LogP contribution in [0, 0.1) is 5.92 Å². The van der Waals surface area contributed by atoms with E-state index < -0.39 is 0 Å². The SMILES string of the molecule is C=C1CC(C(CCCCCCCCC)SC)C(=O)O1. The minimum atomic E-state index is -0.0627. The zero-order valence-corrected chi connectivity index (χ0v) is 13.3. The van der Waals surface area contributed by atoms with Crippen molar-refractivity contribution in [2.75, 3.05) is 6.26 Å². The normalized spacial score (nSPS) is 20.6. The predicted octanol–water partition coefficient (Wildman–Crippen LogP) is 4.94. The van der Waals surface area contributed by atoms with Crippen LogP contribution >= 0.6 is 11.8 Å². The Morgan fingerprint density at radius 2 is 1.89 bits per heavy atom. The first kappa shape index (κ1) is 16.6. The van der Waals surface area contributed by atoms with Crippen molar-refractivity contribution in [3.63, 3.8) is 0 Å². The summed E-state index contributed by atoms with van der Waals surface area (Å²) < 4.78 is 5.08. The molecule has 3 heteroatoms. The molecule has 2 nitrogen and oxygen atoms in total. The van der Waals surface area contributed by atoms with Gasteiger partial charge >= 0.3 is 5.97 Å². The highest BCUT2D eigenvalue weighted by molar-refractivity contribution is 7.99. The minimum Gasteiger partial charge on any atom is -0.431 e. The quantitative estimate of drug-likeness (QED) is 0.420. The highest BCUT2D eigenvalue weighted by atomic mass is 32.2. The van der Waals surface area contributed by atoms with Crippen molar-refractivity contribution in [3.05, 3.63) is 12.3 Å². The molecule has 0 aromatic rings. The smallest absolute Gasteiger partial charge is 0.315 e. The molecule has 0 aromatic heterocycles. The monoisotopic (exact) mass is 284 g/mol. The molecule has 1 saturated heterocycles. The van der Waals surface area contributed by atoms with E-state index in [1.165, 1.54) is 44.9 Å². The highest BCUT2D eigenvalue weighted by Gasteiger charge is 2.35. The van der Waals surface area contributed by atoms with Gasteiger partial charge in [-0.05, 0) is 12.7 Å². The molecule has 1 fully saturated rings. The summed E-state index contributed by atoms with van der Waals surface area (Å²) in [5.41, 5.74) is 0. The lowest BCUT2D eigenvalue weighted by Crippen LogP contribution is -2.21. The van der Waals surface area contributed by atoms with E-state index in [1.54, 1.807) is 11.8 Å². The number of allylic oxidation sites excluding steroid dienone is 1. The molecule has 1 rings (SSSR count). The number of rotatable bonds is 10. The van der Waals surface area contributed by atoms with E-state index in [0.29, 0.717) is 11.0 Å². The van der Waals surface area contributed by atoms with Crippen LogP contribution in [0.3, 0.4) is 0 Å². The Bertz CT molecular complexity index is 288. The van der Waals surface area contributed by atoms with Crippen LogP contribution in [0.1, 0.15) is 64.7 Å². The van der Waals surface area contributed by atoms with Crippen LogP contribution < -0.4 is 0 Å². The minimum absolute atomic E-state index is 0.0441. The second kappa shape index (κ2) is 9.46. The van der Waals surface area contributed by atoms with E-state index in [9.17, 15) is 4.79 Å². The first-order valence-corrected chi connectivity index (χ1v) is 8.90. The molecule has 1 aliphatic rings. The molecule has 0 aliphatic carbocycles. The summed E-state index contributed by atoms with van der Waals surface area (Å²) >= 11 is 1.80. The molecule has 1 aliphatic heterocycles. The molecule has 0 aromatic carbocycles. The molecule has 19 heavy (non-hydrogen) atoms. The van der Waals surface area contributed by atoms with Crippen molar-refractivity contribution in [2.24, 2.45) is 5.92 Å². The third-order valence-electron chi connectivity index (χ3n) is 3.84. The molecule has 0 bridgehead atoms. The Kier molecular flexibility index (Phi) is 8.27. The molecule has 0 radical (unpaired) electrons. The molecule has 110 valence electrons. The average molecular weight is 284 g/mol. The summed E-state index contributed by atoms with van der Waals surface area (Å²) in [5.74, 6) is 0.628. The van der Waals surface area contributed by atoms with Crippen molar-refractivity contribution >= 4 is 17.7 Å². The van der Waals surface area contributed by atoms with Gasteiger partial charge in [0.05, 0.1) is 5.92 Å². The van der Waals surface area contributed by atoms with E-state index in [2.05, 4.69) is 19.8 Å². The summed E-state index contributed by atoms with van der Waals surface area (Å²) in [6.07, 6.45) is 13.2. The van der Waals surface area contributed by atoms with Gasteiger partial charge < -0.3 is 4.74 Å². The van der Waals surface area contributed by atoms with E-state index in [0.717, 1.165) is 12.8 Å². The van der Waals surface area contributed by atoms with Crippen molar-refractivity contribution in [2.45, 2.75) is 70.0 Å². The molecular weight excluding hydrogens is 256 g/mol. The van der Waals surface area contributed by atoms with Gasteiger partial charge in [0.25, 0.3) is 0 Å². The average Bonchev–Trinajstić information content (AvgIpc) is 2.72. The topological polar surface area (TPSA) is 26.3 Å². The summed E-state index contributed by atoms with van der Waals surface area (Å²) in [5, 5.41) is 0.405. The molecular formula is C16H28O2S. The van der Waals surface area contributed by atoms with Crippen molar-refractivity contribution in [1.82, 2.24) is 0 Å². The lowest BCUT2D eigenvalue weighted by Gasteiger charge is -2.17. The van der Waals surface area contributed by atoms with Crippen molar-refractivity contribution < 1.29 is 9.53 Å². The van der Waals surface area contributed by atoms with E-state index in [-0.39, 0.29) is 11.9 Å². The third kappa shape index (κ3) is 6.03. The summed E-state index contributed by atoms with van der Waals surface area (Å²) in [7, 11) is 0. The number of thioether (sulfide) groups is 1. The van der Waals surface area contributed by atoms with Gasteiger partial charge in [-0.15, -0.1) is 0 Å². The maximum atomic E-state index is 11.7. The standard InChI is InChI=1S/C16H28O2S/c1-4-5-6-7-8-9-10-11-15(19-3)14-12-13(2)18-16(14)17/h14-15H,2,4-12H2,1,3H3. The number of unbranched alkanes of at least 4 members (excludes halogenated alkanes) is 6. The Morgan fingerprint density at radius 3 is 2.42 bits per heavy atom. The second-order valence-electron chi connectivity index (χ2n) is 5.45. The maximum absolute atomic E-state index is 11.7. The lowest BCUT2D eigenvalue weighted by molar-refractivity contribution is -0.139. The number of hydrogen-bond donors (Lipinski definition) is 0. The molecule has 2 unspecified atom stereocenters. The van der Waals surface area contributed by atoms with Gasteiger partial charge in [0.15, 0.2) is 0 Å². The Balaban J connectivity index is 2.15. The number of hydrogen-bond acceptors (Lipinski definition) is 3. The maximum Gasteiger partial charge on any atom is 0.315 e. The van der Waals surface area contributed by atoms with Crippen LogP contribution in [0.15, 0.2) is 12.3 Å². The van der Waals surface area contributed by atoms with Gasteiger partial charge in [-0.2, -0.15) is 11.8 Å². The first-order chi connectivity index (χ1) is 9.19. The number of ether oxygens (including phenoxy) is 1. The van der Waals surface area contributed by atoms with Crippen LogP contribution in [0.2, 0.25) is 0 Å². The summed E-state index contributed by atoms with van der Waals surface area (Å²) in [6.45, 7) is 6.01. The van der Waals surface area contributed by atoms with Crippen molar-refractivity contribution in [3.8, 4) is 0 Å². The zero-order valence-electron chi connectivity index (χ0n) is 12.5. The first-order valence-electron chi connectivity index (χ1n) is 7.61. The van der Waals surface area contributed by atoms with Crippen LogP contribution in [-0.4, -0.2) is 17.5 Å². The molecule has 0 saturated carbocycles.